The number of halogens is 2. The molecular formula is C26H29Cl2N3O2. The summed E-state index contributed by atoms with van der Waals surface area (Å²) in [6.45, 7) is 2.12. The van der Waals surface area contributed by atoms with E-state index in [4.69, 9.17) is 28.2 Å². The van der Waals surface area contributed by atoms with Crippen molar-refractivity contribution in [3.63, 3.8) is 0 Å². The van der Waals surface area contributed by atoms with Crippen LogP contribution in [0.2, 0.25) is 10.0 Å². The van der Waals surface area contributed by atoms with Crippen molar-refractivity contribution in [2.75, 3.05) is 0 Å². The number of nitrogens with one attached hydrogen (secondary N) is 1. The van der Waals surface area contributed by atoms with Gasteiger partial charge < -0.3 is 10.4 Å². The summed E-state index contributed by atoms with van der Waals surface area (Å²) in [6.07, 6.45) is 5.51. The van der Waals surface area contributed by atoms with Crippen LogP contribution in [-0.2, 0) is 6.42 Å². The number of nitrogens with zero attached hydrogens (tertiary/aromatic N) is 2. The molecule has 1 aliphatic rings. The van der Waals surface area contributed by atoms with Gasteiger partial charge in [-0.15, -0.1) is 0 Å². The molecule has 1 heterocycles. The van der Waals surface area contributed by atoms with Gasteiger partial charge in [-0.2, -0.15) is 0 Å². The minimum atomic E-state index is -0.525. The fourth-order valence-electron chi connectivity index (χ4n) is 4.42. The second kappa shape index (κ2) is 10.7. The highest BCUT2D eigenvalue weighted by molar-refractivity contribution is 6.33. The normalized spacial score (nSPS) is 18.3. The largest absolute Gasteiger partial charge is 0.391 e. The topological polar surface area (TPSA) is 67.2 Å². The fraction of sp³-hybridized carbons (Fsp3) is 0.385. The van der Waals surface area contributed by atoms with Crippen LogP contribution in [0.3, 0.4) is 0 Å². The lowest BCUT2D eigenvalue weighted by molar-refractivity contribution is 0.0713. The predicted molar refractivity (Wildman–Crippen MR) is 133 cm³/mol. The summed E-state index contributed by atoms with van der Waals surface area (Å²) < 4.78 is 2.01. The van der Waals surface area contributed by atoms with E-state index >= 15 is 0 Å². The summed E-state index contributed by atoms with van der Waals surface area (Å²) >= 11 is 12.7. The molecule has 0 spiro atoms. The highest BCUT2D eigenvalue weighted by Gasteiger charge is 2.29. The first kappa shape index (κ1) is 23.8. The standard InChI is InChI=1S/C26H29Cl2N3O2/c1-2-3-11-22-24(26(33)29-21-10-6-7-12-23(21)32)30-25(19-8-4-5-9-20(19)28)31(22)18-15-13-17(27)14-16-18/h4-5,8-9,13-16,21,23,32H,2-3,6-7,10-12H2,1H3,(H,29,33). The van der Waals surface area contributed by atoms with Crippen molar-refractivity contribution in [1.82, 2.24) is 14.9 Å². The van der Waals surface area contributed by atoms with E-state index in [1.807, 2.05) is 53.1 Å². The van der Waals surface area contributed by atoms with Crippen molar-refractivity contribution in [3.05, 3.63) is 70.0 Å². The van der Waals surface area contributed by atoms with Crippen molar-refractivity contribution in [2.24, 2.45) is 0 Å². The number of imidazole rings is 1. The number of carbonyl (C=O) groups is 1. The maximum atomic E-state index is 13.5. The lowest BCUT2D eigenvalue weighted by Crippen LogP contribution is -2.45. The molecule has 2 atom stereocenters. The number of benzene rings is 2. The molecule has 33 heavy (non-hydrogen) atoms. The quantitative estimate of drug-likeness (QED) is 0.417. The number of carbonyl (C=O) groups excluding carboxylic acids is 1. The summed E-state index contributed by atoms with van der Waals surface area (Å²) in [5.74, 6) is 0.358. The zero-order valence-corrected chi connectivity index (χ0v) is 20.2. The second-order valence-corrected chi connectivity index (χ2v) is 9.40. The van der Waals surface area contributed by atoms with E-state index in [9.17, 15) is 9.90 Å². The Bertz CT molecular complexity index is 1110. The number of hydrogen-bond donors (Lipinski definition) is 2. The molecule has 0 saturated heterocycles. The molecule has 0 radical (unpaired) electrons. The molecule has 174 valence electrons. The molecule has 1 saturated carbocycles. The number of aliphatic hydroxyl groups excluding tert-OH is 1. The Hall–Kier alpha value is -2.34. The second-order valence-electron chi connectivity index (χ2n) is 8.56. The van der Waals surface area contributed by atoms with Gasteiger partial charge in [0.25, 0.3) is 5.91 Å². The van der Waals surface area contributed by atoms with Gasteiger partial charge in [0.05, 0.1) is 22.9 Å². The van der Waals surface area contributed by atoms with E-state index in [-0.39, 0.29) is 11.9 Å². The summed E-state index contributed by atoms with van der Waals surface area (Å²) in [4.78, 5) is 18.3. The lowest BCUT2D eigenvalue weighted by atomic mass is 9.92. The van der Waals surface area contributed by atoms with Gasteiger partial charge in [0.15, 0.2) is 0 Å². The number of hydrogen-bond acceptors (Lipinski definition) is 3. The van der Waals surface area contributed by atoms with Crippen LogP contribution >= 0.6 is 23.2 Å². The Kier molecular flexibility index (Phi) is 7.74. The van der Waals surface area contributed by atoms with Gasteiger partial charge in [0, 0.05) is 16.3 Å². The minimum Gasteiger partial charge on any atom is -0.391 e. The van der Waals surface area contributed by atoms with Gasteiger partial charge in [-0.05, 0) is 62.1 Å². The number of aromatic nitrogens is 2. The molecule has 2 aromatic carbocycles. The van der Waals surface area contributed by atoms with E-state index in [1.165, 1.54) is 0 Å². The summed E-state index contributed by atoms with van der Waals surface area (Å²) in [6, 6.07) is 14.8. The molecule has 1 aliphatic carbocycles. The van der Waals surface area contributed by atoms with Crippen molar-refractivity contribution in [1.29, 1.82) is 0 Å². The summed E-state index contributed by atoms with van der Waals surface area (Å²) in [5, 5.41) is 14.6. The average molecular weight is 486 g/mol. The van der Waals surface area contributed by atoms with Crippen LogP contribution in [0.4, 0.5) is 0 Å². The lowest BCUT2D eigenvalue weighted by Gasteiger charge is -2.28. The van der Waals surface area contributed by atoms with E-state index in [2.05, 4.69) is 12.2 Å². The maximum absolute atomic E-state index is 13.5. The van der Waals surface area contributed by atoms with Gasteiger partial charge in [-0.25, -0.2) is 4.98 Å². The third kappa shape index (κ3) is 5.26. The van der Waals surface area contributed by atoms with Crippen molar-refractivity contribution < 1.29 is 9.90 Å². The van der Waals surface area contributed by atoms with Crippen LogP contribution in [0, 0.1) is 0 Å². The van der Waals surface area contributed by atoms with Gasteiger partial charge >= 0.3 is 0 Å². The Morgan fingerprint density at radius 2 is 1.85 bits per heavy atom. The molecular weight excluding hydrogens is 457 g/mol. The minimum absolute atomic E-state index is 0.255. The zero-order valence-electron chi connectivity index (χ0n) is 18.7. The monoisotopic (exact) mass is 485 g/mol. The van der Waals surface area contributed by atoms with Crippen LogP contribution in [0.25, 0.3) is 17.1 Å². The van der Waals surface area contributed by atoms with Gasteiger partial charge in [-0.1, -0.05) is 61.5 Å². The van der Waals surface area contributed by atoms with E-state index in [1.54, 1.807) is 0 Å². The first-order valence-electron chi connectivity index (χ1n) is 11.6. The molecule has 2 unspecified atom stereocenters. The van der Waals surface area contributed by atoms with Crippen LogP contribution in [0.1, 0.15) is 61.6 Å². The summed E-state index contributed by atoms with van der Waals surface area (Å²) in [5.41, 5.74) is 2.83. The number of rotatable bonds is 7. The van der Waals surface area contributed by atoms with Crippen LogP contribution in [-0.4, -0.2) is 32.7 Å². The number of unbranched alkanes of at least 4 members (excludes halogenated alkanes) is 1. The fourth-order valence-corrected chi connectivity index (χ4v) is 4.76. The molecule has 1 fully saturated rings. The van der Waals surface area contributed by atoms with Crippen LogP contribution in [0.15, 0.2) is 48.5 Å². The third-order valence-electron chi connectivity index (χ3n) is 6.20. The van der Waals surface area contributed by atoms with Gasteiger partial charge in [0.2, 0.25) is 0 Å². The molecule has 7 heteroatoms. The molecule has 0 bridgehead atoms. The highest BCUT2D eigenvalue weighted by Crippen LogP contribution is 2.33. The molecule has 1 aromatic heterocycles. The Morgan fingerprint density at radius 1 is 1.12 bits per heavy atom. The highest BCUT2D eigenvalue weighted by atomic mass is 35.5. The van der Waals surface area contributed by atoms with Gasteiger partial charge in [0.1, 0.15) is 11.5 Å². The van der Waals surface area contributed by atoms with Gasteiger partial charge in [-0.3, -0.25) is 9.36 Å². The first-order valence-corrected chi connectivity index (χ1v) is 12.4. The van der Waals surface area contributed by atoms with Crippen molar-refractivity contribution >= 4 is 29.1 Å². The molecule has 5 nitrogen and oxygen atoms in total. The zero-order chi connectivity index (χ0) is 23.4. The van der Waals surface area contributed by atoms with Crippen LogP contribution in [0.5, 0.6) is 0 Å². The molecule has 4 rings (SSSR count). The van der Waals surface area contributed by atoms with Crippen molar-refractivity contribution in [2.45, 2.75) is 64.0 Å². The maximum Gasteiger partial charge on any atom is 0.272 e. The molecule has 3 aromatic rings. The van der Waals surface area contributed by atoms with E-state index in [0.717, 1.165) is 49.0 Å². The predicted octanol–water partition coefficient (Wildman–Crippen LogP) is 6.22. The van der Waals surface area contributed by atoms with E-state index in [0.29, 0.717) is 34.4 Å². The molecule has 0 aliphatic heterocycles. The first-order chi connectivity index (χ1) is 16.0. The summed E-state index contributed by atoms with van der Waals surface area (Å²) in [7, 11) is 0. The number of amides is 1. The van der Waals surface area contributed by atoms with Crippen molar-refractivity contribution in [3.8, 4) is 17.1 Å². The SMILES string of the molecule is CCCCc1c(C(=O)NC2CCCCC2O)nc(-c2ccccc2Cl)n1-c1ccc(Cl)cc1. The Labute approximate surface area is 204 Å². The number of aliphatic hydroxyl groups is 1. The van der Waals surface area contributed by atoms with Crippen LogP contribution < -0.4 is 5.32 Å². The Balaban J connectivity index is 1.85. The molecule has 1 amide bonds. The molecule has 2 N–H and O–H groups in total. The van der Waals surface area contributed by atoms with E-state index < -0.39 is 6.10 Å². The smallest absolute Gasteiger partial charge is 0.272 e. The Morgan fingerprint density at radius 3 is 2.55 bits per heavy atom. The third-order valence-corrected chi connectivity index (χ3v) is 6.78. The average Bonchev–Trinajstić information content (AvgIpc) is 3.19.